The molecule has 0 bridgehead atoms. The maximum absolute atomic E-state index is 12.7. The van der Waals surface area contributed by atoms with Crippen molar-refractivity contribution < 1.29 is 18.3 Å². The number of rotatable bonds is 6. The van der Waals surface area contributed by atoms with Crippen molar-refractivity contribution in [1.82, 2.24) is 14.8 Å². The molecule has 0 atom stereocenters. The number of aryl methyl sites for hydroxylation is 1. The summed E-state index contributed by atoms with van der Waals surface area (Å²) in [6.07, 6.45) is 3.72. The van der Waals surface area contributed by atoms with Gasteiger partial charge in [0.05, 0.1) is 16.5 Å². The molecule has 32 heavy (non-hydrogen) atoms. The largest absolute Gasteiger partial charge is 0.507 e. The van der Waals surface area contributed by atoms with Gasteiger partial charge in [0.1, 0.15) is 28.3 Å². The highest BCUT2D eigenvalue weighted by Gasteiger charge is 2.28. The Bertz CT molecular complexity index is 1390. The van der Waals surface area contributed by atoms with Crippen LogP contribution in [0.1, 0.15) is 24.8 Å². The second-order valence-corrected chi connectivity index (χ2v) is 10.1. The van der Waals surface area contributed by atoms with E-state index in [9.17, 15) is 23.1 Å². The number of hydrogen-bond donors (Lipinski definition) is 2. The van der Waals surface area contributed by atoms with E-state index in [1.165, 1.54) is 24.3 Å². The summed E-state index contributed by atoms with van der Waals surface area (Å²) in [4.78, 5) is 25.2. The summed E-state index contributed by atoms with van der Waals surface area (Å²) in [5.74, 6) is 0.198. The molecule has 2 N–H and O–H groups in total. The van der Waals surface area contributed by atoms with E-state index in [0.717, 1.165) is 30.1 Å². The minimum Gasteiger partial charge on any atom is -0.507 e. The highest BCUT2D eigenvalue weighted by Crippen LogP contribution is 2.38. The molecule has 4 rings (SSSR count). The Morgan fingerprint density at radius 2 is 2.00 bits per heavy atom. The number of hydrogen-bond acceptors (Lipinski definition) is 7. The summed E-state index contributed by atoms with van der Waals surface area (Å²) in [6, 6.07) is 7.01. The molecule has 1 aromatic heterocycles. The van der Waals surface area contributed by atoms with Crippen LogP contribution in [-0.2, 0) is 9.84 Å². The third-order valence-electron chi connectivity index (χ3n) is 5.34. The van der Waals surface area contributed by atoms with Crippen molar-refractivity contribution in [3.8, 4) is 22.9 Å². The van der Waals surface area contributed by atoms with E-state index < -0.39 is 21.1 Å². The number of halogens is 1. The summed E-state index contributed by atoms with van der Waals surface area (Å²) >= 11 is 6.37. The number of aromatic hydroxyl groups is 1. The first-order valence-corrected chi connectivity index (χ1v) is 11.9. The van der Waals surface area contributed by atoms with Crippen LogP contribution < -0.4 is 16.0 Å². The minimum absolute atomic E-state index is 0.0145. The first kappa shape index (κ1) is 22.1. The van der Waals surface area contributed by atoms with Gasteiger partial charge < -0.3 is 9.84 Å². The lowest BCUT2D eigenvalue weighted by molar-refractivity contribution is 0.346. The standard InChI is InChI=1S/C21H20ClN3O6S/c1-12-7-14(25-21(28)24-19(27)10-23-25)8-16(22)20(12)31-15-5-6-17(26)18(9-15)32(29,30)11-13-3-2-4-13/h5-10,13,26H,2-4,11H2,1H3,(H,24,27,28). The first-order valence-electron chi connectivity index (χ1n) is 9.87. The molecule has 9 nitrogen and oxygen atoms in total. The number of ether oxygens (including phenoxy) is 1. The van der Waals surface area contributed by atoms with E-state index in [1.807, 2.05) is 0 Å². The SMILES string of the molecule is Cc1cc(-n2ncc(=O)[nH]c2=O)cc(Cl)c1Oc1ccc(O)c(S(=O)(=O)CC2CCC2)c1. The van der Waals surface area contributed by atoms with Crippen LogP contribution in [0.2, 0.25) is 5.02 Å². The Morgan fingerprint density at radius 3 is 2.62 bits per heavy atom. The lowest BCUT2D eigenvalue weighted by Crippen LogP contribution is -2.30. The fraction of sp³-hybridized carbons (Fsp3) is 0.286. The van der Waals surface area contributed by atoms with Crippen molar-refractivity contribution in [2.45, 2.75) is 31.1 Å². The van der Waals surface area contributed by atoms with Gasteiger partial charge >= 0.3 is 5.69 Å². The quantitative estimate of drug-likeness (QED) is 0.557. The van der Waals surface area contributed by atoms with Gasteiger partial charge in [0, 0.05) is 6.07 Å². The second kappa shape index (κ2) is 8.44. The fourth-order valence-corrected chi connectivity index (χ4v) is 5.60. The highest BCUT2D eigenvalue weighted by atomic mass is 35.5. The van der Waals surface area contributed by atoms with E-state index >= 15 is 0 Å². The Hall–Kier alpha value is -3.11. The molecule has 1 aliphatic rings. The molecule has 11 heteroatoms. The molecule has 1 heterocycles. The van der Waals surface area contributed by atoms with Gasteiger partial charge in [-0.1, -0.05) is 18.0 Å². The zero-order valence-electron chi connectivity index (χ0n) is 17.0. The second-order valence-electron chi connectivity index (χ2n) is 7.73. The topological polar surface area (TPSA) is 131 Å². The minimum atomic E-state index is -3.68. The normalized spacial score (nSPS) is 14.2. The summed E-state index contributed by atoms with van der Waals surface area (Å²) in [5.41, 5.74) is -0.485. The van der Waals surface area contributed by atoms with Crippen LogP contribution in [0.25, 0.3) is 5.69 Å². The van der Waals surface area contributed by atoms with E-state index in [0.29, 0.717) is 11.3 Å². The molecule has 1 fully saturated rings. The maximum atomic E-state index is 12.7. The van der Waals surface area contributed by atoms with Gasteiger partial charge in [-0.25, -0.2) is 13.2 Å². The summed E-state index contributed by atoms with van der Waals surface area (Å²) < 4.78 is 32.3. The van der Waals surface area contributed by atoms with Crippen LogP contribution in [0, 0.1) is 12.8 Å². The smallest absolute Gasteiger partial charge is 0.349 e. The summed E-state index contributed by atoms with van der Waals surface area (Å²) in [6.45, 7) is 1.69. The van der Waals surface area contributed by atoms with Gasteiger partial charge in [-0.3, -0.25) is 9.78 Å². The van der Waals surface area contributed by atoms with Crippen molar-refractivity contribution in [3.63, 3.8) is 0 Å². The molecule has 0 amide bonds. The van der Waals surface area contributed by atoms with Crippen molar-refractivity contribution >= 4 is 21.4 Å². The number of nitrogens with zero attached hydrogens (tertiary/aromatic N) is 2. The monoisotopic (exact) mass is 477 g/mol. The van der Waals surface area contributed by atoms with Crippen LogP contribution in [0.15, 0.2) is 51.0 Å². The van der Waals surface area contributed by atoms with Crippen LogP contribution in [0.5, 0.6) is 17.2 Å². The van der Waals surface area contributed by atoms with Crippen molar-refractivity contribution in [2.75, 3.05) is 5.75 Å². The molecule has 1 saturated carbocycles. The first-order chi connectivity index (χ1) is 15.1. The lowest BCUT2D eigenvalue weighted by atomic mass is 9.87. The number of phenols is 1. The van der Waals surface area contributed by atoms with Gasteiger partial charge in [-0.15, -0.1) is 0 Å². The van der Waals surface area contributed by atoms with Gasteiger partial charge in [0.25, 0.3) is 5.56 Å². The highest BCUT2D eigenvalue weighted by molar-refractivity contribution is 7.91. The van der Waals surface area contributed by atoms with Crippen molar-refractivity contribution in [1.29, 1.82) is 0 Å². The molecule has 0 aliphatic heterocycles. The maximum Gasteiger partial charge on any atom is 0.349 e. The molecule has 0 unspecified atom stereocenters. The Kier molecular flexibility index (Phi) is 5.83. The van der Waals surface area contributed by atoms with E-state index in [2.05, 4.69) is 10.1 Å². The third-order valence-corrected chi connectivity index (χ3v) is 7.53. The Morgan fingerprint density at radius 1 is 1.25 bits per heavy atom. The molecule has 3 aromatic rings. The number of benzene rings is 2. The van der Waals surface area contributed by atoms with Gasteiger partial charge in [-0.2, -0.15) is 9.78 Å². The molecule has 0 radical (unpaired) electrons. The van der Waals surface area contributed by atoms with Gasteiger partial charge in [0.2, 0.25) is 0 Å². The average Bonchev–Trinajstić information content (AvgIpc) is 2.68. The fourth-order valence-electron chi connectivity index (χ4n) is 3.49. The molecular weight excluding hydrogens is 458 g/mol. The molecule has 1 aliphatic carbocycles. The van der Waals surface area contributed by atoms with Crippen LogP contribution in [0.4, 0.5) is 0 Å². The van der Waals surface area contributed by atoms with E-state index in [-0.39, 0.29) is 38.8 Å². The Balaban J connectivity index is 1.66. The number of phenolic OH excluding ortho intramolecular Hbond substituents is 1. The number of nitrogens with one attached hydrogen (secondary N) is 1. The number of aromatic nitrogens is 3. The third kappa shape index (κ3) is 4.42. The molecule has 168 valence electrons. The molecule has 0 saturated heterocycles. The number of sulfone groups is 1. The van der Waals surface area contributed by atoms with Crippen molar-refractivity contribution in [2.24, 2.45) is 5.92 Å². The Labute approximate surface area is 188 Å². The average molecular weight is 478 g/mol. The summed E-state index contributed by atoms with van der Waals surface area (Å²) in [7, 11) is -3.68. The predicted octanol–water partition coefficient (Wildman–Crippen LogP) is 2.95. The zero-order valence-corrected chi connectivity index (χ0v) is 18.6. The van der Waals surface area contributed by atoms with Crippen LogP contribution >= 0.6 is 11.6 Å². The van der Waals surface area contributed by atoms with E-state index in [1.54, 1.807) is 13.0 Å². The van der Waals surface area contributed by atoms with Crippen molar-refractivity contribution in [3.05, 3.63) is 68.0 Å². The molecule has 0 spiro atoms. The molecular formula is C21H20ClN3O6S. The lowest BCUT2D eigenvalue weighted by Gasteiger charge is -2.25. The van der Waals surface area contributed by atoms with Gasteiger partial charge in [0.15, 0.2) is 9.84 Å². The zero-order chi connectivity index (χ0) is 23.0. The molecule has 2 aromatic carbocycles. The number of H-pyrrole nitrogens is 1. The number of aromatic amines is 1. The predicted molar refractivity (Wildman–Crippen MR) is 118 cm³/mol. The van der Waals surface area contributed by atoms with Gasteiger partial charge in [-0.05, 0) is 55.5 Å². The summed E-state index contributed by atoms with van der Waals surface area (Å²) in [5, 5.41) is 14.1. The van der Waals surface area contributed by atoms with E-state index in [4.69, 9.17) is 16.3 Å². The van der Waals surface area contributed by atoms with Crippen LogP contribution in [0.3, 0.4) is 0 Å². The van der Waals surface area contributed by atoms with Crippen LogP contribution in [-0.4, -0.2) is 34.0 Å².